The molecule has 2 heterocycles. The topological polar surface area (TPSA) is 69.2 Å². The molecule has 6 heteroatoms. The van der Waals surface area contributed by atoms with Gasteiger partial charge in [0.15, 0.2) is 17.5 Å². The quantitative estimate of drug-likeness (QED) is 0.918. The highest BCUT2D eigenvalue weighted by Crippen LogP contribution is 2.38. The molecule has 134 valence electrons. The van der Waals surface area contributed by atoms with Crippen molar-refractivity contribution < 1.29 is 19.0 Å². The van der Waals surface area contributed by atoms with Gasteiger partial charge >= 0.3 is 0 Å². The maximum absolute atomic E-state index is 12.7. The molecule has 2 aromatic carbocycles. The molecule has 0 fully saturated rings. The normalized spacial score (nSPS) is 19.2. The van der Waals surface area contributed by atoms with Gasteiger partial charge in [-0.2, -0.15) is 0 Å². The first-order chi connectivity index (χ1) is 12.6. The van der Waals surface area contributed by atoms with E-state index in [9.17, 15) is 4.79 Å². The molecule has 0 saturated heterocycles. The van der Waals surface area contributed by atoms with E-state index >= 15 is 0 Å². The molecule has 6 nitrogen and oxygen atoms in total. The van der Waals surface area contributed by atoms with Gasteiger partial charge in [0.25, 0.3) is 5.91 Å². The first-order valence-corrected chi connectivity index (χ1v) is 8.56. The maximum atomic E-state index is 12.7. The molecular weight excluding hydrogens is 332 g/mol. The highest BCUT2D eigenvalue weighted by molar-refractivity contribution is 6.11. The zero-order chi connectivity index (χ0) is 18.1. The van der Waals surface area contributed by atoms with Crippen LogP contribution in [-0.2, 0) is 16.1 Å². The number of amides is 1. The standard InChI is InChI=1S/C20H20N2O4/c1-12-15-8-17-18(26-11-25-17)9-16(15)22-20(23)19(21-12)13(2)24-10-14-6-4-3-5-7-14/h3-9,13,19H,10-11H2,1-2H3,(H,22,23)/t13-,19+/m0/s1. The highest BCUT2D eigenvalue weighted by atomic mass is 16.7. The average molecular weight is 352 g/mol. The number of nitrogens with one attached hydrogen (secondary N) is 1. The number of benzene rings is 2. The Kier molecular flexibility index (Phi) is 4.34. The summed E-state index contributed by atoms with van der Waals surface area (Å²) < 4.78 is 16.7. The molecule has 0 aliphatic carbocycles. The van der Waals surface area contributed by atoms with E-state index in [2.05, 4.69) is 10.3 Å². The minimum Gasteiger partial charge on any atom is -0.454 e. The zero-order valence-electron chi connectivity index (χ0n) is 14.7. The molecule has 0 unspecified atom stereocenters. The molecule has 2 aliphatic heterocycles. The molecule has 0 radical (unpaired) electrons. The lowest BCUT2D eigenvalue weighted by molar-refractivity contribution is -0.120. The van der Waals surface area contributed by atoms with E-state index in [1.54, 1.807) is 6.07 Å². The SMILES string of the molecule is CC1=N[C@H]([C@H](C)OCc2ccccc2)C(=O)Nc2cc3c(cc21)OCO3. The van der Waals surface area contributed by atoms with Gasteiger partial charge in [-0.05, 0) is 25.5 Å². The van der Waals surface area contributed by atoms with Crippen LogP contribution in [0.25, 0.3) is 0 Å². The van der Waals surface area contributed by atoms with Crippen LogP contribution >= 0.6 is 0 Å². The van der Waals surface area contributed by atoms with Crippen LogP contribution in [0.3, 0.4) is 0 Å². The van der Waals surface area contributed by atoms with Crippen molar-refractivity contribution in [2.45, 2.75) is 32.6 Å². The Hall–Kier alpha value is -2.86. The Morgan fingerprint density at radius 2 is 1.96 bits per heavy atom. The number of hydrogen-bond acceptors (Lipinski definition) is 5. The second kappa shape index (κ2) is 6.80. The van der Waals surface area contributed by atoms with Gasteiger partial charge in [-0.25, -0.2) is 0 Å². The molecule has 4 rings (SSSR count). The van der Waals surface area contributed by atoms with Crippen molar-refractivity contribution in [3.8, 4) is 11.5 Å². The monoisotopic (exact) mass is 352 g/mol. The van der Waals surface area contributed by atoms with Crippen LogP contribution in [0, 0.1) is 0 Å². The Morgan fingerprint density at radius 1 is 1.23 bits per heavy atom. The lowest BCUT2D eigenvalue weighted by Crippen LogP contribution is -2.36. The maximum Gasteiger partial charge on any atom is 0.251 e. The van der Waals surface area contributed by atoms with Gasteiger partial charge in [0.05, 0.1) is 18.4 Å². The van der Waals surface area contributed by atoms with Crippen LogP contribution in [0.4, 0.5) is 5.69 Å². The van der Waals surface area contributed by atoms with E-state index < -0.39 is 6.04 Å². The zero-order valence-corrected chi connectivity index (χ0v) is 14.7. The number of carbonyl (C=O) groups is 1. The molecule has 1 N–H and O–H groups in total. The molecular formula is C20H20N2O4. The van der Waals surface area contributed by atoms with Crippen LogP contribution in [0.5, 0.6) is 11.5 Å². The van der Waals surface area contributed by atoms with Crippen molar-refractivity contribution >= 4 is 17.3 Å². The summed E-state index contributed by atoms with van der Waals surface area (Å²) in [4.78, 5) is 17.3. The number of fused-ring (bicyclic) bond motifs is 2. The summed E-state index contributed by atoms with van der Waals surface area (Å²) in [6.07, 6.45) is -0.362. The van der Waals surface area contributed by atoms with Crippen molar-refractivity contribution in [3.05, 3.63) is 53.6 Å². The van der Waals surface area contributed by atoms with Crippen LogP contribution in [0.15, 0.2) is 47.5 Å². The van der Waals surface area contributed by atoms with E-state index in [4.69, 9.17) is 14.2 Å². The first kappa shape index (κ1) is 16.6. The van der Waals surface area contributed by atoms with Crippen molar-refractivity contribution in [3.63, 3.8) is 0 Å². The van der Waals surface area contributed by atoms with Gasteiger partial charge in [0.1, 0.15) is 0 Å². The largest absolute Gasteiger partial charge is 0.454 e. The van der Waals surface area contributed by atoms with E-state index in [1.165, 1.54) is 0 Å². The van der Waals surface area contributed by atoms with Crippen molar-refractivity contribution in [1.29, 1.82) is 0 Å². The average Bonchev–Trinajstić information content (AvgIpc) is 3.06. The van der Waals surface area contributed by atoms with Gasteiger partial charge in [-0.15, -0.1) is 0 Å². The molecule has 0 saturated carbocycles. The molecule has 1 amide bonds. The molecule has 2 aliphatic rings. The van der Waals surface area contributed by atoms with Gasteiger partial charge in [-0.1, -0.05) is 30.3 Å². The summed E-state index contributed by atoms with van der Waals surface area (Å²) in [6, 6.07) is 12.9. The van der Waals surface area contributed by atoms with Crippen LogP contribution < -0.4 is 14.8 Å². The van der Waals surface area contributed by atoms with Crippen molar-refractivity contribution in [2.75, 3.05) is 12.1 Å². The third-order valence-electron chi connectivity index (χ3n) is 4.56. The van der Waals surface area contributed by atoms with Crippen LogP contribution in [0.1, 0.15) is 25.0 Å². The second-order valence-electron chi connectivity index (χ2n) is 6.40. The number of rotatable bonds is 4. The molecule has 0 aromatic heterocycles. The summed E-state index contributed by atoms with van der Waals surface area (Å²) in [6.45, 7) is 4.38. The van der Waals surface area contributed by atoms with Gasteiger partial charge in [0, 0.05) is 17.3 Å². The Bertz CT molecular complexity index is 864. The molecule has 0 bridgehead atoms. The summed E-state index contributed by atoms with van der Waals surface area (Å²) in [5.41, 5.74) is 3.33. The number of nitrogens with zero attached hydrogens (tertiary/aromatic N) is 1. The highest BCUT2D eigenvalue weighted by Gasteiger charge is 2.30. The van der Waals surface area contributed by atoms with Crippen LogP contribution in [0.2, 0.25) is 0 Å². The van der Waals surface area contributed by atoms with Gasteiger partial charge < -0.3 is 19.5 Å². The molecule has 2 aromatic rings. The number of anilines is 1. The Morgan fingerprint density at radius 3 is 2.73 bits per heavy atom. The van der Waals surface area contributed by atoms with Crippen LogP contribution in [-0.4, -0.2) is 30.6 Å². The van der Waals surface area contributed by atoms with Gasteiger partial charge in [0.2, 0.25) is 6.79 Å². The first-order valence-electron chi connectivity index (χ1n) is 8.56. The minimum absolute atomic E-state index is 0.190. The predicted molar refractivity (Wildman–Crippen MR) is 97.9 cm³/mol. The summed E-state index contributed by atoms with van der Waals surface area (Å²) in [5.74, 6) is 1.10. The third kappa shape index (κ3) is 3.15. The predicted octanol–water partition coefficient (Wildman–Crippen LogP) is 3.15. The lowest BCUT2D eigenvalue weighted by Gasteiger charge is -2.19. The fraction of sp³-hybridized carbons (Fsp3) is 0.300. The Balaban J connectivity index is 1.55. The van der Waals surface area contributed by atoms with E-state index in [0.29, 0.717) is 23.8 Å². The number of hydrogen-bond donors (Lipinski definition) is 1. The van der Waals surface area contributed by atoms with E-state index in [0.717, 1.165) is 16.8 Å². The molecule has 26 heavy (non-hydrogen) atoms. The molecule has 2 atom stereocenters. The number of ether oxygens (including phenoxy) is 3. The summed E-state index contributed by atoms with van der Waals surface area (Å²) in [5, 5.41) is 2.94. The van der Waals surface area contributed by atoms with E-state index in [1.807, 2.05) is 50.2 Å². The Labute approximate surface area is 151 Å². The lowest BCUT2D eigenvalue weighted by atomic mass is 10.1. The summed E-state index contributed by atoms with van der Waals surface area (Å²) in [7, 11) is 0. The van der Waals surface area contributed by atoms with E-state index in [-0.39, 0.29) is 18.8 Å². The second-order valence-corrected chi connectivity index (χ2v) is 6.40. The fourth-order valence-electron chi connectivity index (χ4n) is 3.10. The minimum atomic E-state index is -0.622. The molecule has 0 spiro atoms. The summed E-state index contributed by atoms with van der Waals surface area (Å²) >= 11 is 0. The fourth-order valence-corrected chi connectivity index (χ4v) is 3.10. The number of carbonyl (C=O) groups excluding carboxylic acids is 1. The van der Waals surface area contributed by atoms with Crippen molar-refractivity contribution in [1.82, 2.24) is 0 Å². The third-order valence-corrected chi connectivity index (χ3v) is 4.56. The number of aliphatic imine (C=N–C) groups is 1. The van der Waals surface area contributed by atoms with Crippen molar-refractivity contribution in [2.24, 2.45) is 4.99 Å². The smallest absolute Gasteiger partial charge is 0.251 e. The van der Waals surface area contributed by atoms with Gasteiger partial charge in [-0.3, -0.25) is 9.79 Å².